The highest BCUT2D eigenvalue weighted by Crippen LogP contribution is 2.26. The standard InChI is InChI=1S/C16H16N2O5/c1-11(13-5-8-15(19)16(9-13)22-2)17-23-10-12-3-6-14(7-4-12)18(20)21/h3-9,19H,10H2,1-2H3/b17-11-. The van der Waals surface area contributed by atoms with E-state index in [1.54, 1.807) is 31.2 Å². The molecular weight excluding hydrogens is 300 g/mol. The Hall–Kier alpha value is -3.09. The zero-order valence-electron chi connectivity index (χ0n) is 12.7. The van der Waals surface area contributed by atoms with Gasteiger partial charge in [0, 0.05) is 17.7 Å². The molecule has 0 amide bonds. The van der Waals surface area contributed by atoms with Crippen LogP contribution in [0.2, 0.25) is 0 Å². The number of rotatable bonds is 6. The fourth-order valence-electron chi connectivity index (χ4n) is 1.87. The number of aromatic hydroxyl groups is 1. The number of nitro benzene ring substituents is 1. The van der Waals surface area contributed by atoms with Gasteiger partial charge >= 0.3 is 0 Å². The number of nitrogens with zero attached hydrogens (tertiary/aromatic N) is 2. The fraction of sp³-hybridized carbons (Fsp3) is 0.188. The van der Waals surface area contributed by atoms with Crippen molar-refractivity contribution in [2.45, 2.75) is 13.5 Å². The topological polar surface area (TPSA) is 94.2 Å². The molecule has 0 aromatic heterocycles. The van der Waals surface area contributed by atoms with Gasteiger partial charge in [-0.1, -0.05) is 5.16 Å². The molecule has 23 heavy (non-hydrogen) atoms. The molecule has 0 aliphatic carbocycles. The summed E-state index contributed by atoms with van der Waals surface area (Å²) < 4.78 is 5.04. The summed E-state index contributed by atoms with van der Waals surface area (Å²) in [5.74, 6) is 0.406. The molecule has 7 nitrogen and oxygen atoms in total. The smallest absolute Gasteiger partial charge is 0.269 e. The monoisotopic (exact) mass is 316 g/mol. The molecule has 0 fully saturated rings. The van der Waals surface area contributed by atoms with Gasteiger partial charge in [0.05, 0.1) is 17.7 Å². The highest BCUT2D eigenvalue weighted by atomic mass is 16.6. The van der Waals surface area contributed by atoms with Crippen LogP contribution < -0.4 is 4.74 Å². The van der Waals surface area contributed by atoms with Crippen LogP contribution in [0, 0.1) is 10.1 Å². The van der Waals surface area contributed by atoms with E-state index in [9.17, 15) is 15.2 Å². The average molecular weight is 316 g/mol. The second-order valence-corrected chi connectivity index (χ2v) is 4.76. The van der Waals surface area contributed by atoms with Crippen LogP contribution in [-0.2, 0) is 11.4 Å². The van der Waals surface area contributed by atoms with E-state index in [0.29, 0.717) is 11.5 Å². The minimum Gasteiger partial charge on any atom is -0.504 e. The molecule has 0 saturated heterocycles. The van der Waals surface area contributed by atoms with Crippen molar-refractivity contribution in [3.8, 4) is 11.5 Å². The SMILES string of the molecule is COc1cc(/C(C)=N\OCc2ccc([N+](=O)[O-])cc2)ccc1O. The number of phenolic OH excluding ortho intramolecular Hbond substituents is 1. The molecule has 0 aliphatic heterocycles. The molecule has 0 spiro atoms. The van der Waals surface area contributed by atoms with Crippen molar-refractivity contribution in [2.75, 3.05) is 7.11 Å². The molecule has 0 saturated carbocycles. The third-order valence-electron chi connectivity index (χ3n) is 3.18. The second kappa shape index (κ2) is 7.26. The maximum Gasteiger partial charge on any atom is 0.269 e. The van der Waals surface area contributed by atoms with Crippen LogP contribution in [0.3, 0.4) is 0 Å². The number of nitro groups is 1. The lowest BCUT2D eigenvalue weighted by Gasteiger charge is -2.06. The fourth-order valence-corrected chi connectivity index (χ4v) is 1.87. The molecule has 2 aromatic carbocycles. The molecule has 0 radical (unpaired) electrons. The summed E-state index contributed by atoms with van der Waals surface area (Å²) in [5.41, 5.74) is 2.17. The number of non-ortho nitro benzene ring substituents is 1. The average Bonchev–Trinajstić information content (AvgIpc) is 2.55. The van der Waals surface area contributed by atoms with Crippen LogP contribution in [0.15, 0.2) is 47.6 Å². The first kappa shape index (κ1) is 16.3. The van der Waals surface area contributed by atoms with Crippen LogP contribution in [0.4, 0.5) is 5.69 Å². The first-order valence-electron chi connectivity index (χ1n) is 6.78. The van der Waals surface area contributed by atoms with Gasteiger partial charge in [-0.2, -0.15) is 0 Å². The van der Waals surface area contributed by atoms with Crippen LogP contribution in [0.25, 0.3) is 0 Å². The minimum atomic E-state index is -0.453. The largest absolute Gasteiger partial charge is 0.504 e. The Labute approximate surface area is 132 Å². The van der Waals surface area contributed by atoms with E-state index in [1.165, 1.54) is 25.3 Å². The van der Waals surface area contributed by atoms with E-state index in [1.807, 2.05) is 0 Å². The van der Waals surface area contributed by atoms with E-state index >= 15 is 0 Å². The van der Waals surface area contributed by atoms with Crippen molar-refractivity contribution in [3.63, 3.8) is 0 Å². The Bertz CT molecular complexity index is 726. The normalized spacial score (nSPS) is 11.1. The minimum absolute atomic E-state index is 0.0321. The van der Waals surface area contributed by atoms with Gasteiger partial charge in [-0.3, -0.25) is 10.1 Å². The molecule has 2 aromatic rings. The Balaban J connectivity index is 2.00. The quantitative estimate of drug-likeness (QED) is 0.501. The molecule has 0 atom stereocenters. The molecule has 120 valence electrons. The first-order chi connectivity index (χ1) is 11.0. The van der Waals surface area contributed by atoms with Gasteiger partial charge in [0.25, 0.3) is 5.69 Å². The molecule has 0 unspecified atom stereocenters. The van der Waals surface area contributed by atoms with E-state index in [-0.39, 0.29) is 18.0 Å². The molecule has 0 aliphatic rings. The maximum absolute atomic E-state index is 10.6. The lowest BCUT2D eigenvalue weighted by atomic mass is 10.1. The summed E-state index contributed by atoms with van der Waals surface area (Å²) in [7, 11) is 1.47. The van der Waals surface area contributed by atoms with Crippen LogP contribution in [0.1, 0.15) is 18.1 Å². The highest BCUT2D eigenvalue weighted by Gasteiger charge is 2.06. The van der Waals surface area contributed by atoms with Crippen LogP contribution in [-0.4, -0.2) is 22.9 Å². The number of methoxy groups -OCH3 is 1. The third-order valence-corrected chi connectivity index (χ3v) is 3.18. The lowest BCUT2D eigenvalue weighted by molar-refractivity contribution is -0.384. The zero-order chi connectivity index (χ0) is 16.8. The van der Waals surface area contributed by atoms with Gasteiger partial charge in [0.1, 0.15) is 6.61 Å². The number of phenols is 1. The van der Waals surface area contributed by atoms with E-state index in [4.69, 9.17) is 9.57 Å². The molecule has 0 bridgehead atoms. The van der Waals surface area contributed by atoms with Gasteiger partial charge in [0.2, 0.25) is 0 Å². The summed E-state index contributed by atoms with van der Waals surface area (Å²) in [6.45, 7) is 1.96. The van der Waals surface area contributed by atoms with Gasteiger partial charge in [-0.25, -0.2) is 0 Å². The van der Waals surface area contributed by atoms with Crippen molar-refractivity contribution in [1.29, 1.82) is 0 Å². The lowest BCUT2D eigenvalue weighted by Crippen LogP contribution is -1.98. The number of hydrogen-bond donors (Lipinski definition) is 1. The van der Waals surface area contributed by atoms with E-state index in [0.717, 1.165) is 11.1 Å². The first-order valence-corrected chi connectivity index (χ1v) is 6.78. The van der Waals surface area contributed by atoms with Crippen molar-refractivity contribution in [2.24, 2.45) is 5.16 Å². The summed E-state index contributed by atoms with van der Waals surface area (Å²) in [6, 6.07) is 10.9. The summed E-state index contributed by atoms with van der Waals surface area (Å²) in [4.78, 5) is 15.4. The van der Waals surface area contributed by atoms with Gasteiger partial charge in [0.15, 0.2) is 11.5 Å². The molecule has 1 N–H and O–H groups in total. The molecular formula is C16H16N2O5. The molecule has 7 heteroatoms. The Kier molecular flexibility index (Phi) is 5.14. The van der Waals surface area contributed by atoms with Crippen molar-refractivity contribution in [3.05, 3.63) is 63.7 Å². The number of oxime groups is 1. The van der Waals surface area contributed by atoms with Gasteiger partial charge in [-0.05, 0) is 42.8 Å². The zero-order valence-corrected chi connectivity index (χ0v) is 12.7. The van der Waals surface area contributed by atoms with E-state index in [2.05, 4.69) is 5.16 Å². The Morgan fingerprint density at radius 1 is 1.26 bits per heavy atom. The van der Waals surface area contributed by atoms with Crippen LogP contribution in [0.5, 0.6) is 11.5 Å². The molecule has 0 heterocycles. The van der Waals surface area contributed by atoms with Crippen LogP contribution >= 0.6 is 0 Å². The Morgan fingerprint density at radius 3 is 2.57 bits per heavy atom. The maximum atomic E-state index is 10.6. The van der Waals surface area contributed by atoms with E-state index < -0.39 is 4.92 Å². The number of benzene rings is 2. The second-order valence-electron chi connectivity index (χ2n) is 4.76. The Morgan fingerprint density at radius 2 is 1.96 bits per heavy atom. The predicted octanol–water partition coefficient (Wildman–Crippen LogP) is 3.25. The van der Waals surface area contributed by atoms with Crippen molar-refractivity contribution in [1.82, 2.24) is 0 Å². The molecule has 2 rings (SSSR count). The number of hydrogen-bond acceptors (Lipinski definition) is 6. The summed E-state index contributed by atoms with van der Waals surface area (Å²) in [6.07, 6.45) is 0. The number of ether oxygens (including phenoxy) is 1. The van der Waals surface area contributed by atoms with Crippen molar-refractivity contribution < 1.29 is 19.6 Å². The van der Waals surface area contributed by atoms with Gasteiger partial charge < -0.3 is 14.7 Å². The van der Waals surface area contributed by atoms with Gasteiger partial charge in [-0.15, -0.1) is 0 Å². The summed E-state index contributed by atoms with van der Waals surface area (Å²) in [5, 5.41) is 24.1. The summed E-state index contributed by atoms with van der Waals surface area (Å²) >= 11 is 0. The van der Waals surface area contributed by atoms with Crippen molar-refractivity contribution >= 4 is 11.4 Å². The predicted molar refractivity (Wildman–Crippen MR) is 84.8 cm³/mol. The highest BCUT2D eigenvalue weighted by molar-refractivity contribution is 5.98. The third kappa shape index (κ3) is 4.19.